The van der Waals surface area contributed by atoms with Gasteiger partial charge in [0.1, 0.15) is 5.82 Å². The zero-order chi connectivity index (χ0) is 19.8. The number of carbonyl (C=O) groups is 1. The Morgan fingerprint density at radius 3 is 2.52 bits per heavy atom. The Labute approximate surface area is 175 Å². The van der Waals surface area contributed by atoms with Crippen LogP contribution in [0.2, 0.25) is 0 Å². The van der Waals surface area contributed by atoms with E-state index < -0.39 is 0 Å². The number of carbonyl (C=O) groups excluding carboxylic acids is 1. The predicted octanol–water partition coefficient (Wildman–Crippen LogP) is 2.09. The van der Waals surface area contributed by atoms with Crippen molar-refractivity contribution in [2.45, 2.75) is 25.8 Å². The van der Waals surface area contributed by atoms with Gasteiger partial charge in [-0.1, -0.05) is 6.07 Å². The molecule has 0 saturated carbocycles. The molecule has 2 fully saturated rings. The molecule has 0 bridgehead atoms. The molecule has 2 aromatic rings. The highest BCUT2D eigenvalue weighted by Gasteiger charge is 2.30. The molecule has 2 saturated heterocycles. The van der Waals surface area contributed by atoms with Crippen LogP contribution in [0.15, 0.2) is 17.5 Å². The number of rotatable bonds is 3. The average Bonchev–Trinajstić information content (AvgIpc) is 3.47. The summed E-state index contributed by atoms with van der Waals surface area (Å²) in [6.07, 6.45) is 3.23. The molecule has 0 N–H and O–H groups in total. The van der Waals surface area contributed by atoms with Crippen LogP contribution in [-0.2, 0) is 13.0 Å². The van der Waals surface area contributed by atoms with Crippen LogP contribution >= 0.6 is 11.3 Å². The Bertz CT molecular complexity index is 872. The standard InChI is InChI=1S/C21H28N6OS/c1-24-10-12-25(13-11-24)19-16-15-27(20(28)18-5-4-14-29-18)9-6-17(16)22-21(23-19)26-7-2-3-8-26/h4-5,14H,2-3,6-13,15H2,1H3. The second-order valence-corrected chi connectivity index (χ2v) is 9.16. The van der Waals surface area contributed by atoms with Crippen LogP contribution in [0.3, 0.4) is 0 Å². The number of hydrogen-bond donors (Lipinski definition) is 0. The van der Waals surface area contributed by atoms with Gasteiger partial charge in [0.2, 0.25) is 5.95 Å². The minimum atomic E-state index is 0.124. The second-order valence-electron chi connectivity index (χ2n) is 8.21. The Morgan fingerprint density at radius 2 is 1.79 bits per heavy atom. The normalized spacial score (nSPS) is 20.2. The van der Waals surface area contributed by atoms with Crippen LogP contribution in [0, 0.1) is 0 Å². The molecule has 29 heavy (non-hydrogen) atoms. The van der Waals surface area contributed by atoms with Crippen LogP contribution in [0.5, 0.6) is 0 Å². The van der Waals surface area contributed by atoms with Gasteiger partial charge in [-0.3, -0.25) is 4.79 Å². The molecule has 2 aromatic heterocycles. The summed E-state index contributed by atoms with van der Waals surface area (Å²) in [6, 6.07) is 3.85. The summed E-state index contributed by atoms with van der Waals surface area (Å²) in [6.45, 7) is 7.44. The molecule has 0 unspecified atom stereocenters. The van der Waals surface area contributed by atoms with Gasteiger partial charge in [-0.2, -0.15) is 4.98 Å². The number of thiophene rings is 1. The number of nitrogens with zero attached hydrogens (tertiary/aromatic N) is 6. The molecule has 154 valence electrons. The number of likely N-dealkylation sites (N-methyl/N-ethyl adjacent to an activating group) is 1. The first-order valence-electron chi connectivity index (χ1n) is 10.6. The van der Waals surface area contributed by atoms with E-state index in [1.54, 1.807) is 0 Å². The first-order valence-corrected chi connectivity index (χ1v) is 11.5. The Balaban J connectivity index is 1.48. The van der Waals surface area contributed by atoms with Gasteiger partial charge in [-0.25, -0.2) is 4.98 Å². The van der Waals surface area contributed by atoms with Crippen molar-refractivity contribution in [1.82, 2.24) is 19.8 Å². The number of anilines is 2. The molecule has 5 rings (SSSR count). The lowest BCUT2D eigenvalue weighted by atomic mass is 10.0. The fourth-order valence-corrected chi connectivity index (χ4v) is 5.14. The largest absolute Gasteiger partial charge is 0.354 e. The van der Waals surface area contributed by atoms with Gasteiger partial charge in [0.05, 0.1) is 17.1 Å². The topological polar surface area (TPSA) is 55.8 Å². The lowest BCUT2D eigenvalue weighted by Gasteiger charge is -2.37. The van der Waals surface area contributed by atoms with Gasteiger partial charge in [0.25, 0.3) is 5.91 Å². The van der Waals surface area contributed by atoms with E-state index in [9.17, 15) is 4.79 Å². The molecule has 7 nitrogen and oxygen atoms in total. The minimum absolute atomic E-state index is 0.124. The van der Waals surface area contributed by atoms with Crippen molar-refractivity contribution < 1.29 is 4.79 Å². The third kappa shape index (κ3) is 3.71. The zero-order valence-corrected chi connectivity index (χ0v) is 17.8. The lowest BCUT2D eigenvalue weighted by molar-refractivity contribution is 0.0738. The van der Waals surface area contributed by atoms with Crippen molar-refractivity contribution in [3.63, 3.8) is 0 Å². The highest BCUT2D eigenvalue weighted by molar-refractivity contribution is 7.12. The van der Waals surface area contributed by atoms with E-state index in [2.05, 4.69) is 21.7 Å². The Morgan fingerprint density at radius 1 is 1.00 bits per heavy atom. The third-order valence-corrected chi connectivity index (χ3v) is 7.10. The van der Waals surface area contributed by atoms with Crippen LogP contribution in [0.25, 0.3) is 0 Å². The van der Waals surface area contributed by atoms with Crippen LogP contribution in [-0.4, -0.2) is 78.5 Å². The molecule has 0 radical (unpaired) electrons. The zero-order valence-electron chi connectivity index (χ0n) is 17.0. The number of aromatic nitrogens is 2. The quantitative estimate of drug-likeness (QED) is 0.770. The minimum Gasteiger partial charge on any atom is -0.354 e. The summed E-state index contributed by atoms with van der Waals surface area (Å²) < 4.78 is 0. The monoisotopic (exact) mass is 412 g/mol. The molecule has 0 atom stereocenters. The SMILES string of the molecule is CN1CCN(c2nc(N3CCCC3)nc3c2CN(C(=O)c2cccs2)CC3)CC1. The molecular formula is C21H28N6OS. The summed E-state index contributed by atoms with van der Waals surface area (Å²) in [7, 11) is 2.17. The second kappa shape index (κ2) is 7.91. The summed E-state index contributed by atoms with van der Waals surface area (Å²) in [5.41, 5.74) is 2.28. The molecule has 0 aliphatic carbocycles. The van der Waals surface area contributed by atoms with Gasteiger partial charge in [-0.15, -0.1) is 11.3 Å². The molecule has 5 heterocycles. The van der Waals surface area contributed by atoms with Gasteiger partial charge in [-0.05, 0) is 31.3 Å². The number of piperazine rings is 1. The number of amides is 1. The first kappa shape index (κ1) is 18.8. The summed E-state index contributed by atoms with van der Waals surface area (Å²) in [4.78, 5) is 32.8. The van der Waals surface area contributed by atoms with E-state index >= 15 is 0 Å². The van der Waals surface area contributed by atoms with Crippen LogP contribution in [0.4, 0.5) is 11.8 Å². The average molecular weight is 413 g/mol. The molecule has 0 spiro atoms. The molecule has 8 heteroatoms. The van der Waals surface area contributed by atoms with Crippen LogP contribution in [0.1, 0.15) is 33.8 Å². The number of hydrogen-bond acceptors (Lipinski definition) is 7. The molecular weight excluding hydrogens is 384 g/mol. The Hall–Kier alpha value is -2.19. The summed E-state index contributed by atoms with van der Waals surface area (Å²) in [5, 5.41) is 1.96. The molecule has 0 aromatic carbocycles. The Kier molecular flexibility index (Phi) is 5.13. The van der Waals surface area contributed by atoms with Crippen molar-refractivity contribution in [2.75, 3.05) is 62.7 Å². The van der Waals surface area contributed by atoms with E-state index in [4.69, 9.17) is 9.97 Å². The van der Waals surface area contributed by atoms with Gasteiger partial charge in [0.15, 0.2) is 0 Å². The van der Waals surface area contributed by atoms with Crippen molar-refractivity contribution in [1.29, 1.82) is 0 Å². The van der Waals surface area contributed by atoms with Gasteiger partial charge < -0.3 is 19.6 Å². The van der Waals surface area contributed by atoms with E-state index in [0.29, 0.717) is 6.54 Å². The molecule has 3 aliphatic rings. The summed E-state index contributed by atoms with van der Waals surface area (Å²) in [5.74, 6) is 2.06. The number of fused-ring (bicyclic) bond motifs is 1. The van der Waals surface area contributed by atoms with Crippen molar-refractivity contribution >= 4 is 29.0 Å². The fraction of sp³-hybridized carbons (Fsp3) is 0.571. The predicted molar refractivity (Wildman–Crippen MR) is 116 cm³/mol. The fourth-order valence-electron chi connectivity index (χ4n) is 4.45. The third-order valence-electron chi connectivity index (χ3n) is 6.24. The van der Waals surface area contributed by atoms with E-state index in [-0.39, 0.29) is 5.91 Å². The van der Waals surface area contributed by atoms with E-state index in [0.717, 1.165) is 80.1 Å². The highest BCUT2D eigenvalue weighted by atomic mass is 32.1. The maximum absolute atomic E-state index is 12.9. The highest BCUT2D eigenvalue weighted by Crippen LogP contribution is 2.31. The maximum atomic E-state index is 12.9. The van der Waals surface area contributed by atoms with Gasteiger partial charge >= 0.3 is 0 Å². The van der Waals surface area contributed by atoms with Crippen molar-refractivity contribution in [2.24, 2.45) is 0 Å². The first-order chi connectivity index (χ1) is 14.2. The molecule has 1 amide bonds. The van der Waals surface area contributed by atoms with Crippen molar-refractivity contribution in [3.05, 3.63) is 33.6 Å². The van der Waals surface area contributed by atoms with Crippen LogP contribution < -0.4 is 9.80 Å². The van der Waals surface area contributed by atoms with Crippen molar-refractivity contribution in [3.8, 4) is 0 Å². The lowest BCUT2D eigenvalue weighted by Crippen LogP contribution is -2.46. The van der Waals surface area contributed by atoms with E-state index in [1.165, 1.54) is 24.2 Å². The summed E-state index contributed by atoms with van der Waals surface area (Å²) >= 11 is 1.51. The molecule has 3 aliphatic heterocycles. The van der Waals surface area contributed by atoms with Gasteiger partial charge in [0, 0.05) is 57.8 Å². The smallest absolute Gasteiger partial charge is 0.264 e. The van der Waals surface area contributed by atoms with E-state index in [1.807, 2.05) is 22.4 Å². The maximum Gasteiger partial charge on any atom is 0.264 e.